The highest BCUT2D eigenvalue weighted by atomic mass is 32.2. The van der Waals surface area contributed by atoms with Crippen LogP contribution in [-0.4, -0.2) is 51.6 Å². The molecule has 2 aromatic rings. The van der Waals surface area contributed by atoms with Crippen molar-refractivity contribution in [2.75, 3.05) is 25.4 Å². The molecular formula is C26H29NO6S. The van der Waals surface area contributed by atoms with Gasteiger partial charge in [0.05, 0.1) is 34.6 Å². The number of hydrogen-bond acceptors (Lipinski definition) is 7. The second-order valence-electron chi connectivity index (χ2n) is 9.37. The summed E-state index contributed by atoms with van der Waals surface area (Å²) < 4.78 is 23.5. The fourth-order valence-corrected chi connectivity index (χ4v) is 7.11. The predicted octanol–water partition coefficient (Wildman–Crippen LogP) is 3.20. The van der Waals surface area contributed by atoms with Gasteiger partial charge >= 0.3 is 11.9 Å². The third-order valence-electron chi connectivity index (χ3n) is 7.53. The summed E-state index contributed by atoms with van der Waals surface area (Å²) in [6.45, 7) is 5.97. The van der Waals surface area contributed by atoms with E-state index in [1.165, 1.54) is 0 Å². The molecule has 1 saturated heterocycles. The summed E-state index contributed by atoms with van der Waals surface area (Å²) in [5.41, 5.74) is 5.72. The lowest BCUT2D eigenvalue weighted by Crippen LogP contribution is -2.39. The summed E-state index contributed by atoms with van der Waals surface area (Å²) in [7, 11) is -1.15. The van der Waals surface area contributed by atoms with Crippen LogP contribution in [0.4, 0.5) is 0 Å². The maximum atomic E-state index is 13.2. The smallest absolute Gasteiger partial charge is 0.339 e. The van der Waals surface area contributed by atoms with E-state index in [1.807, 2.05) is 26.0 Å². The van der Waals surface area contributed by atoms with Crippen LogP contribution in [0.3, 0.4) is 0 Å². The number of cyclic esters (lactones) is 2. The van der Waals surface area contributed by atoms with Gasteiger partial charge < -0.3 is 14.6 Å². The molecule has 2 aromatic carbocycles. The van der Waals surface area contributed by atoms with Gasteiger partial charge in [-0.1, -0.05) is 12.1 Å². The number of hydrogen-bond donors (Lipinski definition) is 1. The van der Waals surface area contributed by atoms with Gasteiger partial charge in [0.2, 0.25) is 0 Å². The zero-order valence-electron chi connectivity index (χ0n) is 19.5. The summed E-state index contributed by atoms with van der Waals surface area (Å²) in [6.07, 6.45) is 1.78. The van der Waals surface area contributed by atoms with Crippen molar-refractivity contribution in [3.8, 4) is 0 Å². The van der Waals surface area contributed by atoms with Crippen molar-refractivity contribution in [1.82, 2.24) is 4.90 Å². The molecule has 180 valence electrons. The first-order chi connectivity index (χ1) is 16.4. The highest BCUT2D eigenvalue weighted by Crippen LogP contribution is 2.34. The van der Waals surface area contributed by atoms with Crippen LogP contribution in [-0.2, 0) is 33.5 Å². The van der Waals surface area contributed by atoms with Gasteiger partial charge in [0.25, 0.3) is 0 Å². The normalized spacial score (nSPS) is 20.0. The molecule has 0 aromatic heterocycles. The van der Waals surface area contributed by atoms with Crippen molar-refractivity contribution >= 4 is 22.7 Å². The minimum Gasteiger partial charge on any atom is -0.457 e. The fourth-order valence-electron chi connectivity index (χ4n) is 5.49. The van der Waals surface area contributed by atoms with Crippen LogP contribution in [0, 0.1) is 19.8 Å². The SMILES string of the molecule is Cc1c(S(=O)CC2CCN(C(CO)c3ccc4c(c3C)C(=O)OC4)CC2)ccc2c1COC2=O. The number of carbonyl (C=O) groups excluding carboxylic acids is 2. The second kappa shape index (κ2) is 9.24. The van der Waals surface area contributed by atoms with E-state index in [2.05, 4.69) is 4.90 Å². The Labute approximate surface area is 201 Å². The molecule has 0 saturated carbocycles. The molecule has 0 spiro atoms. The van der Waals surface area contributed by atoms with Gasteiger partial charge in [-0.15, -0.1) is 0 Å². The number of carbonyl (C=O) groups is 2. The van der Waals surface area contributed by atoms with Gasteiger partial charge in [0.15, 0.2) is 0 Å². The number of fused-ring (bicyclic) bond motifs is 2. The monoisotopic (exact) mass is 483 g/mol. The highest BCUT2D eigenvalue weighted by Gasteiger charge is 2.32. The molecule has 3 aliphatic heterocycles. The highest BCUT2D eigenvalue weighted by molar-refractivity contribution is 7.85. The van der Waals surface area contributed by atoms with Crippen LogP contribution in [0.2, 0.25) is 0 Å². The molecule has 34 heavy (non-hydrogen) atoms. The van der Waals surface area contributed by atoms with E-state index in [0.717, 1.165) is 58.6 Å². The van der Waals surface area contributed by atoms with Crippen LogP contribution in [0.5, 0.6) is 0 Å². The van der Waals surface area contributed by atoms with E-state index < -0.39 is 10.8 Å². The lowest BCUT2D eigenvalue weighted by molar-refractivity contribution is 0.0525. The van der Waals surface area contributed by atoms with E-state index in [1.54, 1.807) is 12.1 Å². The molecule has 0 bridgehead atoms. The Morgan fingerprint density at radius 1 is 1.03 bits per heavy atom. The van der Waals surface area contributed by atoms with Gasteiger partial charge in [-0.2, -0.15) is 0 Å². The van der Waals surface area contributed by atoms with Crippen LogP contribution in [0.15, 0.2) is 29.2 Å². The number of ether oxygens (including phenoxy) is 2. The van der Waals surface area contributed by atoms with Gasteiger partial charge in [-0.25, -0.2) is 9.59 Å². The van der Waals surface area contributed by atoms with Crippen LogP contribution in [0.1, 0.15) is 67.4 Å². The number of aliphatic hydroxyl groups excluding tert-OH is 1. The first-order valence-corrected chi connectivity index (χ1v) is 13.0. The summed E-state index contributed by atoms with van der Waals surface area (Å²) in [6, 6.07) is 7.28. The number of aliphatic hydroxyl groups is 1. The molecular weight excluding hydrogens is 454 g/mol. The van der Waals surface area contributed by atoms with E-state index in [0.29, 0.717) is 29.4 Å². The Bertz CT molecular complexity index is 1180. The largest absolute Gasteiger partial charge is 0.457 e. The van der Waals surface area contributed by atoms with E-state index in [-0.39, 0.29) is 31.2 Å². The molecule has 2 unspecified atom stereocenters. The molecule has 0 radical (unpaired) electrons. The minimum atomic E-state index is -1.15. The maximum Gasteiger partial charge on any atom is 0.339 e. The van der Waals surface area contributed by atoms with Crippen LogP contribution in [0.25, 0.3) is 0 Å². The molecule has 1 fully saturated rings. The van der Waals surface area contributed by atoms with E-state index in [4.69, 9.17) is 9.47 Å². The average Bonchev–Trinajstić information content (AvgIpc) is 3.40. The topological polar surface area (TPSA) is 93.1 Å². The molecule has 8 heteroatoms. The quantitative estimate of drug-likeness (QED) is 0.631. The average molecular weight is 484 g/mol. The number of nitrogens with zero attached hydrogens (tertiary/aromatic N) is 1. The zero-order valence-corrected chi connectivity index (χ0v) is 20.3. The molecule has 7 nitrogen and oxygen atoms in total. The molecule has 0 aliphatic carbocycles. The third-order valence-corrected chi connectivity index (χ3v) is 9.23. The van der Waals surface area contributed by atoms with Gasteiger partial charge in [0.1, 0.15) is 13.2 Å². The Morgan fingerprint density at radius 2 is 1.76 bits per heavy atom. The number of likely N-dealkylation sites (tertiary alicyclic amines) is 1. The molecule has 0 amide bonds. The van der Waals surface area contributed by atoms with Crippen LogP contribution >= 0.6 is 0 Å². The van der Waals surface area contributed by atoms with E-state index in [9.17, 15) is 18.9 Å². The molecule has 5 rings (SSSR count). The van der Waals surface area contributed by atoms with Crippen molar-refractivity contribution < 1.29 is 28.4 Å². The molecule has 2 atom stereocenters. The fraction of sp³-hybridized carbons (Fsp3) is 0.462. The van der Waals surface area contributed by atoms with Crippen molar-refractivity contribution in [3.63, 3.8) is 0 Å². The first-order valence-electron chi connectivity index (χ1n) is 11.7. The minimum absolute atomic E-state index is 0.0274. The molecule has 1 N–H and O–H groups in total. The molecule has 3 aliphatic rings. The Morgan fingerprint density at radius 3 is 2.50 bits per heavy atom. The third kappa shape index (κ3) is 3.97. The summed E-state index contributed by atoms with van der Waals surface area (Å²) in [4.78, 5) is 27.0. The molecule has 3 heterocycles. The number of piperidine rings is 1. The van der Waals surface area contributed by atoms with Gasteiger partial charge in [-0.3, -0.25) is 9.11 Å². The van der Waals surface area contributed by atoms with Crippen molar-refractivity contribution in [2.45, 2.75) is 50.8 Å². The summed E-state index contributed by atoms with van der Waals surface area (Å²) >= 11 is 0. The van der Waals surface area contributed by atoms with Gasteiger partial charge in [0, 0.05) is 21.8 Å². The lowest BCUT2D eigenvalue weighted by Gasteiger charge is -2.37. The van der Waals surface area contributed by atoms with Crippen molar-refractivity contribution in [1.29, 1.82) is 0 Å². The Kier molecular flexibility index (Phi) is 6.31. The van der Waals surface area contributed by atoms with Crippen molar-refractivity contribution in [2.24, 2.45) is 5.92 Å². The lowest BCUT2D eigenvalue weighted by atomic mass is 9.91. The van der Waals surface area contributed by atoms with E-state index >= 15 is 0 Å². The maximum absolute atomic E-state index is 13.2. The van der Waals surface area contributed by atoms with Gasteiger partial charge in [-0.05, 0) is 74.5 Å². The predicted molar refractivity (Wildman–Crippen MR) is 126 cm³/mol. The Hall–Kier alpha value is -2.55. The number of benzene rings is 2. The van der Waals surface area contributed by atoms with Crippen molar-refractivity contribution in [3.05, 3.63) is 63.2 Å². The summed E-state index contributed by atoms with van der Waals surface area (Å²) in [5.74, 6) is 0.301. The zero-order chi connectivity index (χ0) is 24.0. The first kappa shape index (κ1) is 23.2. The standard InChI is InChI=1S/C26H29NO6S/c1-15-21-13-33-25(29)20(21)5-6-23(15)34(31)14-17-7-9-27(10-8-17)22(11-28)19-4-3-18-12-32-26(30)24(18)16(19)2/h3-6,17,22,28H,7-14H2,1-2H3. The number of rotatable bonds is 6. The Balaban J connectivity index is 1.25. The summed E-state index contributed by atoms with van der Waals surface area (Å²) in [5, 5.41) is 10.2. The van der Waals surface area contributed by atoms with Crippen LogP contribution < -0.4 is 0 Å². The second-order valence-corrected chi connectivity index (χ2v) is 10.8. The number of esters is 2.